The third-order valence-corrected chi connectivity index (χ3v) is 12.2. The molecule has 9 nitrogen and oxygen atoms in total. The third-order valence-electron chi connectivity index (χ3n) is 7.87. The van der Waals surface area contributed by atoms with Crippen LogP contribution in [0.15, 0.2) is 52.3 Å². The van der Waals surface area contributed by atoms with Gasteiger partial charge in [-0.1, -0.05) is 32.4 Å². The van der Waals surface area contributed by atoms with Gasteiger partial charge in [0.1, 0.15) is 4.90 Å². The Balaban J connectivity index is 1.32. The minimum atomic E-state index is -3.87. The number of ether oxygens (including phenoxy) is 1. The van der Waals surface area contributed by atoms with E-state index in [1.165, 1.54) is 46.8 Å². The molecule has 0 radical (unpaired) electrons. The number of anilines is 1. The average Bonchev–Trinajstić information content (AvgIpc) is 3.14. The lowest BCUT2D eigenvalue weighted by molar-refractivity contribution is 0.0730. The first-order valence-electron chi connectivity index (χ1n) is 13.0. The summed E-state index contributed by atoms with van der Waals surface area (Å²) >= 11 is 6.21. The van der Waals surface area contributed by atoms with Crippen LogP contribution in [-0.2, 0) is 24.8 Å². The zero-order valence-corrected chi connectivity index (χ0v) is 24.7. The molecule has 0 spiro atoms. The van der Waals surface area contributed by atoms with E-state index >= 15 is 0 Å². The fourth-order valence-electron chi connectivity index (χ4n) is 6.51. The second kappa shape index (κ2) is 10.1. The van der Waals surface area contributed by atoms with Gasteiger partial charge in [-0.05, 0) is 72.6 Å². The maximum Gasteiger partial charge on any atom is 0.255 e. The average molecular weight is 596 g/mol. The molecule has 3 fully saturated rings. The van der Waals surface area contributed by atoms with Gasteiger partial charge in [0.15, 0.2) is 0 Å². The first kappa shape index (κ1) is 28.5. The van der Waals surface area contributed by atoms with E-state index in [1.807, 2.05) is 0 Å². The van der Waals surface area contributed by atoms with E-state index < -0.39 is 26.0 Å². The SMILES string of the molecule is CC1(C)C[C@@H]2C[C@@](C)(CN2S(=O)(=O)c2ccc(C(=O)Nc3ccc(Cl)c(S(=O)(=O)N4CCOCC4)c3)cc2)C1. The third kappa shape index (κ3) is 5.62. The van der Waals surface area contributed by atoms with Crippen molar-refractivity contribution < 1.29 is 26.4 Å². The molecular formula is C27H34ClN3O6S2. The van der Waals surface area contributed by atoms with Crippen molar-refractivity contribution in [2.45, 2.75) is 55.9 Å². The summed E-state index contributed by atoms with van der Waals surface area (Å²) in [5.41, 5.74) is 0.557. The maximum absolute atomic E-state index is 13.5. The number of carbonyl (C=O) groups is 1. The quantitative estimate of drug-likeness (QED) is 0.535. The van der Waals surface area contributed by atoms with E-state index in [9.17, 15) is 21.6 Å². The first-order valence-corrected chi connectivity index (χ1v) is 16.3. The number of halogens is 1. The molecule has 1 N–H and O–H groups in total. The number of amides is 1. The molecule has 2 aliphatic heterocycles. The van der Waals surface area contributed by atoms with Gasteiger partial charge >= 0.3 is 0 Å². The molecule has 2 saturated heterocycles. The van der Waals surface area contributed by atoms with Crippen molar-refractivity contribution in [3.63, 3.8) is 0 Å². The van der Waals surface area contributed by atoms with Gasteiger partial charge in [0.2, 0.25) is 20.0 Å². The molecule has 12 heteroatoms. The van der Waals surface area contributed by atoms with Crippen molar-refractivity contribution in [2.75, 3.05) is 38.2 Å². The molecule has 2 bridgehead atoms. The Bertz CT molecular complexity index is 1490. The fraction of sp³-hybridized carbons (Fsp3) is 0.519. The van der Waals surface area contributed by atoms with Crippen LogP contribution in [0.3, 0.4) is 0 Å². The number of nitrogens with one attached hydrogen (secondary N) is 1. The summed E-state index contributed by atoms with van der Waals surface area (Å²) in [6.07, 6.45) is 2.68. The van der Waals surface area contributed by atoms with E-state index in [4.69, 9.17) is 16.3 Å². The molecule has 212 valence electrons. The zero-order chi connectivity index (χ0) is 28.2. The van der Waals surface area contributed by atoms with Crippen molar-refractivity contribution in [1.29, 1.82) is 0 Å². The van der Waals surface area contributed by atoms with Crippen LogP contribution in [0.25, 0.3) is 0 Å². The van der Waals surface area contributed by atoms with Gasteiger partial charge in [-0.2, -0.15) is 8.61 Å². The molecule has 2 aromatic rings. The van der Waals surface area contributed by atoms with Gasteiger partial charge in [-0.3, -0.25) is 4.79 Å². The molecule has 2 heterocycles. The van der Waals surface area contributed by atoms with E-state index in [-0.39, 0.29) is 56.0 Å². The fourth-order valence-corrected chi connectivity index (χ4v) is 10.2. The Morgan fingerprint density at radius 1 is 0.974 bits per heavy atom. The number of nitrogens with zero attached hydrogens (tertiary/aromatic N) is 2. The number of rotatable bonds is 6. The second-order valence-corrected chi connectivity index (χ2v) is 16.1. The van der Waals surface area contributed by atoms with Crippen LogP contribution in [-0.4, -0.2) is 70.2 Å². The highest BCUT2D eigenvalue weighted by atomic mass is 35.5. The number of hydrogen-bond donors (Lipinski definition) is 1. The van der Waals surface area contributed by atoms with Gasteiger partial charge in [0.05, 0.1) is 23.1 Å². The number of benzene rings is 2. The highest BCUT2D eigenvalue weighted by Crippen LogP contribution is 2.53. The number of hydrogen-bond acceptors (Lipinski definition) is 6. The molecule has 0 aromatic heterocycles. The molecule has 5 rings (SSSR count). The number of fused-ring (bicyclic) bond motifs is 2. The monoisotopic (exact) mass is 595 g/mol. The lowest BCUT2D eigenvalue weighted by atomic mass is 9.65. The predicted molar refractivity (Wildman–Crippen MR) is 149 cm³/mol. The maximum atomic E-state index is 13.5. The van der Waals surface area contributed by atoms with Gasteiger partial charge in [0.25, 0.3) is 5.91 Å². The van der Waals surface area contributed by atoms with E-state index in [0.29, 0.717) is 19.8 Å². The smallest absolute Gasteiger partial charge is 0.255 e. The van der Waals surface area contributed by atoms with Crippen molar-refractivity contribution in [3.8, 4) is 0 Å². The summed E-state index contributed by atoms with van der Waals surface area (Å²) in [6, 6.07) is 10.1. The zero-order valence-electron chi connectivity index (χ0n) is 22.3. The van der Waals surface area contributed by atoms with Crippen LogP contribution < -0.4 is 5.32 Å². The van der Waals surface area contributed by atoms with Crippen LogP contribution in [0.2, 0.25) is 5.02 Å². The largest absolute Gasteiger partial charge is 0.379 e. The summed E-state index contributed by atoms with van der Waals surface area (Å²) in [4.78, 5) is 13.0. The van der Waals surface area contributed by atoms with Crippen LogP contribution in [0.4, 0.5) is 5.69 Å². The van der Waals surface area contributed by atoms with Gasteiger partial charge in [-0.25, -0.2) is 16.8 Å². The Morgan fingerprint density at radius 2 is 1.64 bits per heavy atom. The Labute approximate surface area is 235 Å². The highest BCUT2D eigenvalue weighted by molar-refractivity contribution is 7.89. The Morgan fingerprint density at radius 3 is 2.31 bits per heavy atom. The minimum absolute atomic E-state index is 0.0282. The van der Waals surface area contributed by atoms with Crippen LogP contribution in [0, 0.1) is 10.8 Å². The van der Waals surface area contributed by atoms with E-state index in [0.717, 1.165) is 19.3 Å². The van der Waals surface area contributed by atoms with Crippen molar-refractivity contribution >= 4 is 43.2 Å². The summed E-state index contributed by atoms with van der Waals surface area (Å²) in [7, 11) is -7.58. The Hall–Kier alpha value is -2.02. The van der Waals surface area contributed by atoms with Crippen molar-refractivity contribution in [1.82, 2.24) is 8.61 Å². The summed E-state index contributed by atoms with van der Waals surface area (Å²) < 4.78 is 61.5. The number of morpholine rings is 1. The summed E-state index contributed by atoms with van der Waals surface area (Å²) in [5, 5.41) is 2.75. The molecule has 1 saturated carbocycles. The molecule has 1 amide bonds. The molecular weight excluding hydrogens is 562 g/mol. The molecule has 3 aliphatic rings. The van der Waals surface area contributed by atoms with E-state index in [1.54, 1.807) is 4.31 Å². The van der Waals surface area contributed by atoms with Gasteiger partial charge in [-0.15, -0.1) is 0 Å². The van der Waals surface area contributed by atoms with Gasteiger partial charge in [0, 0.05) is 36.9 Å². The van der Waals surface area contributed by atoms with Crippen LogP contribution >= 0.6 is 11.6 Å². The molecule has 39 heavy (non-hydrogen) atoms. The van der Waals surface area contributed by atoms with Gasteiger partial charge < -0.3 is 10.1 Å². The first-order chi connectivity index (χ1) is 18.2. The molecule has 1 aliphatic carbocycles. The van der Waals surface area contributed by atoms with Crippen molar-refractivity contribution in [2.24, 2.45) is 10.8 Å². The summed E-state index contributed by atoms with van der Waals surface area (Å²) in [5.74, 6) is -0.498. The van der Waals surface area contributed by atoms with Crippen LogP contribution in [0.5, 0.6) is 0 Å². The molecule has 2 aromatic carbocycles. The lowest BCUT2D eigenvalue weighted by Crippen LogP contribution is -2.40. The predicted octanol–water partition coefficient (Wildman–Crippen LogP) is 4.20. The van der Waals surface area contributed by atoms with Crippen LogP contribution in [0.1, 0.15) is 50.4 Å². The lowest BCUT2D eigenvalue weighted by Gasteiger charge is -2.39. The molecule has 0 unspecified atom stereocenters. The van der Waals surface area contributed by atoms with E-state index in [2.05, 4.69) is 26.1 Å². The molecule has 2 atom stereocenters. The van der Waals surface area contributed by atoms with Crippen molar-refractivity contribution in [3.05, 3.63) is 53.1 Å². The minimum Gasteiger partial charge on any atom is -0.379 e. The standard InChI is InChI=1S/C27H34ClN3O6S2/c1-26(2)15-21-16-27(3,17-26)18-31(21)38(33,34)22-7-4-19(5-8-22)25(32)29-20-6-9-23(28)24(14-20)39(35,36)30-10-12-37-13-11-30/h4-9,14,21H,10-13,15-18H2,1-3H3,(H,29,32)/t21-,27-/m1/s1. The second-order valence-electron chi connectivity index (χ2n) is 11.9. The normalized spacial score (nSPS) is 25.9. The topological polar surface area (TPSA) is 113 Å². The number of carbonyl (C=O) groups excluding carboxylic acids is 1. The Kier molecular flexibility index (Phi) is 7.39. The highest BCUT2D eigenvalue weighted by Gasteiger charge is 2.53. The summed E-state index contributed by atoms with van der Waals surface area (Å²) in [6.45, 7) is 8.10. The number of sulfonamides is 2.